The predicted octanol–water partition coefficient (Wildman–Crippen LogP) is 0.776. The molecule has 2 aliphatic heterocycles. The maximum absolute atomic E-state index is 11.8. The molecule has 2 aliphatic rings. The molecule has 19 heavy (non-hydrogen) atoms. The highest BCUT2D eigenvalue weighted by Gasteiger charge is 2.32. The van der Waals surface area contributed by atoms with Crippen molar-refractivity contribution in [2.24, 2.45) is 0 Å². The van der Waals surface area contributed by atoms with Crippen molar-refractivity contribution in [2.75, 3.05) is 13.1 Å². The third-order valence-electron chi connectivity index (χ3n) is 4.17. The van der Waals surface area contributed by atoms with Gasteiger partial charge in [-0.3, -0.25) is 0 Å². The van der Waals surface area contributed by atoms with Gasteiger partial charge >= 0.3 is 12.0 Å². The SMILES string of the molecule is CC[C@@H](NC(=O)NC1CCN2CCCC2C1)C(=O)O. The van der Waals surface area contributed by atoms with E-state index in [4.69, 9.17) is 5.11 Å². The highest BCUT2D eigenvalue weighted by Crippen LogP contribution is 2.26. The minimum absolute atomic E-state index is 0.172. The molecule has 2 saturated heterocycles. The van der Waals surface area contributed by atoms with Crippen LogP contribution >= 0.6 is 0 Å². The molecule has 0 aromatic heterocycles. The van der Waals surface area contributed by atoms with E-state index in [2.05, 4.69) is 15.5 Å². The Hall–Kier alpha value is -1.30. The van der Waals surface area contributed by atoms with Gasteiger partial charge in [0.2, 0.25) is 0 Å². The molecule has 0 aromatic carbocycles. The van der Waals surface area contributed by atoms with Crippen molar-refractivity contribution in [3.05, 3.63) is 0 Å². The molecule has 108 valence electrons. The van der Waals surface area contributed by atoms with Crippen LogP contribution < -0.4 is 10.6 Å². The maximum Gasteiger partial charge on any atom is 0.326 e. The van der Waals surface area contributed by atoms with Crippen LogP contribution in [-0.4, -0.2) is 53.2 Å². The molecule has 0 radical (unpaired) electrons. The van der Waals surface area contributed by atoms with Crippen LogP contribution in [0.2, 0.25) is 0 Å². The van der Waals surface area contributed by atoms with Gasteiger partial charge in [0.1, 0.15) is 6.04 Å². The molecule has 3 N–H and O–H groups in total. The number of nitrogens with one attached hydrogen (secondary N) is 2. The Labute approximate surface area is 113 Å². The van der Waals surface area contributed by atoms with Crippen LogP contribution in [0.15, 0.2) is 0 Å². The van der Waals surface area contributed by atoms with Crippen LogP contribution in [0.1, 0.15) is 39.0 Å². The first-order valence-electron chi connectivity index (χ1n) is 7.14. The molecule has 6 heteroatoms. The van der Waals surface area contributed by atoms with Gasteiger partial charge in [0.25, 0.3) is 0 Å². The third-order valence-corrected chi connectivity index (χ3v) is 4.17. The van der Waals surface area contributed by atoms with Gasteiger partial charge in [-0.1, -0.05) is 6.92 Å². The summed E-state index contributed by atoms with van der Waals surface area (Å²) in [5, 5.41) is 14.3. The minimum Gasteiger partial charge on any atom is -0.480 e. The zero-order valence-electron chi connectivity index (χ0n) is 11.4. The number of nitrogens with zero attached hydrogens (tertiary/aromatic N) is 1. The summed E-state index contributed by atoms with van der Waals surface area (Å²) in [6, 6.07) is -0.386. The highest BCUT2D eigenvalue weighted by atomic mass is 16.4. The number of piperidine rings is 1. The average molecular weight is 269 g/mol. The van der Waals surface area contributed by atoms with Gasteiger partial charge in [-0.25, -0.2) is 9.59 Å². The van der Waals surface area contributed by atoms with E-state index in [1.54, 1.807) is 6.92 Å². The second-order valence-electron chi connectivity index (χ2n) is 5.47. The van der Waals surface area contributed by atoms with E-state index in [1.165, 1.54) is 19.4 Å². The Morgan fingerprint density at radius 1 is 1.37 bits per heavy atom. The van der Waals surface area contributed by atoms with Gasteiger partial charge in [-0.15, -0.1) is 0 Å². The van der Waals surface area contributed by atoms with Crippen LogP contribution in [0.25, 0.3) is 0 Å². The minimum atomic E-state index is -0.983. The van der Waals surface area contributed by atoms with E-state index in [0.717, 1.165) is 19.4 Å². The smallest absolute Gasteiger partial charge is 0.326 e. The third kappa shape index (κ3) is 3.59. The number of carboxylic acid groups (broad SMARTS) is 1. The molecule has 0 spiro atoms. The summed E-state index contributed by atoms with van der Waals surface area (Å²) in [4.78, 5) is 25.1. The summed E-state index contributed by atoms with van der Waals surface area (Å²) in [7, 11) is 0. The van der Waals surface area contributed by atoms with E-state index in [1.807, 2.05) is 0 Å². The number of hydrogen-bond acceptors (Lipinski definition) is 3. The Balaban J connectivity index is 1.77. The number of carbonyl (C=O) groups is 2. The maximum atomic E-state index is 11.8. The molecule has 3 atom stereocenters. The molecule has 2 amide bonds. The number of fused-ring (bicyclic) bond motifs is 1. The van der Waals surface area contributed by atoms with Gasteiger partial charge in [-0.05, 0) is 38.6 Å². The van der Waals surface area contributed by atoms with Crippen LogP contribution in [0.3, 0.4) is 0 Å². The monoisotopic (exact) mass is 269 g/mol. The number of aliphatic carboxylic acids is 1. The van der Waals surface area contributed by atoms with E-state index < -0.39 is 12.0 Å². The average Bonchev–Trinajstić information content (AvgIpc) is 2.82. The van der Waals surface area contributed by atoms with E-state index in [-0.39, 0.29) is 12.1 Å². The van der Waals surface area contributed by atoms with Crippen molar-refractivity contribution >= 4 is 12.0 Å². The lowest BCUT2D eigenvalue weighted by Crippen LogP contribution is -2.52. The molecule has 0 bridgehead atoms. The summed E-state index contributed by atoms with van der Waals surface area (Å²) in [5.41, 5.74) is 0. The molecule has 6 nitrogen and oxygen atoms in total. The fraction of sp³-hybridized carbons (Fsp3) is 0.846. The predicted molar refractivity (Wildman–Crippen MR) is 71.0 cm³/mol. The molecular formula is C13H23N3O3. The van der Waals surface area contributed by atoms with Gasteiger partial charge in [0, 0.05) is 18.6 Å². The lowest BCUT2D eigenvalue weighted by molar-refractivity contribution is -0.139. The molecule has 2 unspecified atom stereocenters. The van der Waals surface area contributed by atoms with E-state index in [0.29, 0.717) is 12.5 Å². The normalized spacial score (nSPS) is 28.5. The fourth-order valence-corrected chi connectivity index (χ4v) is 3.08. The summed E-state index contributed by atoms with van der Waals surface area (Å²) in [5.74, 6) is -0.983. The topological polar surface area (TPSA) is 81.7 Å². The molecule has 2 fully saturated rings. The summed E-state index contributed by atoms with van der Waals surface area (Å²) >= 11 is 0. The summed E-state index contributed by atoms with van der Waals surface area (Å²) < 4.78 is 0. The summed E-state index contributed by atoms with van der Waals surface area (Å²) in [6.45, 7) is 3.96. The van der Waals surface area contributed by atoms with Crippen molar-refractivity contribution in [3.8, 4) is 0 Å². The standard InChI is InChI=1S/C13H23N3O3/c1-2-11(12(17)18)15-13(19)14-9-5-7-16-6-3-4-10(16)8-9/h9-11H,2-8H2,1H3,(H,17,18)(H2,14,15,19)/t9?,10?,11-/m1/s1. The fourth-order valence-electron chi connectivity index (χ4n) is 3.08. The largest absolute Gasteiger partial charge is 0.480 e. The van der Waals surface area contributed by atoms with Crippen molar-refractivity contribution in [3.63, 3.8) is 0 Å². The molecule has 0 saturated carbocycles. The van der Waals surface area contributed by atoms with Crippen molar-refractivity contribution in [2.45, 2.75) is 57.2 Å². The molecule has 2 heterocycles. The van der Waals surface area contributed by atoms with Crippen LogP contribution in [0.5, 0.6) is 0 Å². The second kappa shape index (κ2) is 6.23. The van der Waals surface area contributed by atoms with Crippen LogP contribution in [0.4, 0.5) is 4.79 Å². The Kier molecular flexibility index (Phi) is 4.63. The molecular weight excluding hydrogens is 246 g/mol. The number of urea groups is 1. The number of carboxylic acids is 1. The Morgan fingerprint density at radius 3 is 2.84 bits per heavy atom. The lowest BCUT2D eigenvalue weighted by atomic mass is 9.98. The molecule has 2 rings (SSSR count). The van der Waals surface area contributed by atoms with E-state index >= 15 is 0 Å². The zero-order valence-corrected chi connectivity index (χ0v) is 11.4. The number of hydrogen-bond donors (Lipinski definition) is 3. The second-order valence-corrected chi connectivity index (χ2v) is 5.47. The number of amides is 2. The first kappa shape index (κ1) is 14.1. The number of rotatable bonds is 4. The lowest BCUT2D eigenvalue weighted by Gasteiger charge is -2.35. The quantitative estimate of drug-likeness (QED) is 0.704. The Morgan fingerprint density at radius 2 is 2.16 bits per heavy atom. The zero-order chi connectivity index (χ0) is 13.8. The van der Waals surface area contributed by atoms with Crippen LogP contribution in [0, 0.1) is 0 Å². The van der Waals surface area contributed by atoms with Gasteiger partial charge < -0.3 is 20.6 Å². The van der Waals surface area contributed by atoms with Crippen molar-refractivity contribution in [1.82, 2.24) is 15.5 Å². The van der Waals surface area contributed by atoms with E-state index in [9.17, 15) is 9.59 Å². The number of carbonyl (C=O) groups excluding carboxylic acids is 1. The van der Waals surface area contributed by atoms with Crippen molar-refractivity contribution in [1.29, 1.82) is 0 Å². The Bertz CT molecular complexity index is 348. The highest BCUT2D eigenvalue weighted by molar-refractivity contribution is 5.82. The van der Waals surface area contributed by atoms with Crippen LogP contribution in [-0.2, 0) is 4.79 Å². The first-order valence-corrected chi connectivity index (χ1v) is 7.14. The molecule has 0 aliphatic carbocycles. The van der Waals surface area contributed by atoms with Gasteiger partial charge in [-0.2, -0.15) is 0 Å². The van der Waals surface area contributed by atoms with Crippen molar-refractivity contribution < 1.29 is 14.7 Å². The summed E-state index contributed by atoms with van der Waals surface area (Å²) in [6.07, 6.45) is 4.79. The van der Waals surface area contributed by atoms with Gasteiger partial charge in [0.15, 0.2) is 0 Å². The molecule has 0 aromatic rings. The van der Waals surface area contributed by atoms with Gasteiger partial charge in [0.05, 0.1) is 0 Å². The first-order chi connectivity index (χ1) is 9.10.